The first-order chi connectivity index (χ1) is 10.2. The number of rotatable bonds is 6. The number of carbonyl (C=O) groups excluding carboxylic acids is 1. The van der Waals surface area contributed by atoms with E-state index in [1.165, 1.54) is 5.56 Å². The summed E-state index contributed by atoms with van der Waals surface area (Å²) in [6, 6.07) is 4.09. The standard InChI is InChI=1S/C16H26N4O/c1-2-14(12-17)11-16(21)20-9-7-19(8-10-20)13-15-3-5-18-6-4-15/h3-6,14H,2,7-13,17H2,1H3. The van der Waals surface area contributed by atoms with Gasteiger partial charge in [0.05, 0.1) is 0 Å². The van der Waals surface area contributed by atoms with Crippen molar-refractivity contribution >= 4 is 5.91 Å². The number of hydrogen-bond donors (Lipinski definition) is 1. The van der Waals surface area contributed by atoms with Crippen molar-refractivity contribution in [3.8, 4) is 0 Å². The van der Waals surface area contributed by atoms with Gasteiger partial charge in [0.1, 0.15) is 0 Å². The zero-order valence-corrected chi connectivity index (χ0v) is 12.9. The molecule has 1 unspecified atom stereocenters. The predicted molar refractivity (Wildman–Crippen MR) is 83.5 cm³/mol. The van der Waals surface area contributed by atoms with E-state index < -0.39 is 0 Å². The first-order valence-electron chi connectivity index (χ1n) is 7.82. The summed E-state index contributed by atoms with van der Waals surface area (Å²) in [5, 5.41) is 0. The highest BCUT2D eigenvalue weighted by atomic mass is 16.2. The van der Waals surface area contributed by atoms with Gasteiger partial charge in [0.15, 0.2) is 0 Å². The van der Waals surface area contributed by atoms with Gasteiger partial charge in [-0.05, 0) is 30.2 Å². The van der Waals surface area contributed by atoms with E-state index >= 15 is 0 Å². The van der Waals surface area contributed by atoms with Gasteiger partial charge in [0, 0.05) is 51.5 Å². The maximum atomic E-state index is 12.2. The molecule has 1 amide bonds. The Morgan fingerprint density at radius 3 is 2.52 bits per heavy atom. The number of amides is 1. The molecule has 2 N–H and O–H groups in total. The molecule has 1 atom stereocenters. The van der Waals surface area contributed by atoms with Crippen LogP contribution in [0.1, 0.15) is 25.3 Å². The number of nitrogens with two attached hydrogens (primary N) is 1. The highest BCUT2D eigenvalue weighted by Gasteiger charge is 2.22. The fourth-order valence-corrected chi connectivity index (χ4v) is 2.67. The lowest BCUT2D eigenvalue weighted by Crippen LogP contribution is -2.48. The normalized spacial score (nSPS) is 17.7. The van der Waals surface area contributed by atoms with E-state index in [0.29, 0.717) is 18.9 Å². The number of pyridine rings is 1. The number of hydrogen-bond acceptors (Lipinski definition) is 4. The highest BCUT2D eigenvalue weighted by Crippen LogP contribution is 2.12. The van der Waals surface area contributed by atoms with Crippen LogP contribution in [0.2, 0.25) is 0 Å². The smallest absolute Gasteiger partial charge is 0.222 e. The van der Waals surface area contributed by atoms with E-state index in [4.69, 9.17) is 5.73 Å². The molecule has 2 rings (SSSR count). The van der Waals surface area contributed by atoms with E-state index in [0.717, 1.165) is 39.1 Å². The molecule has 0 radical (unpaired) electrons. The summed E-state index contributed by atoms with van der Waals surface area (Å²) < 4.78 is 0. The molecule has 0 saturated carbocycles. The van der Waals surface area contributed by atoms with Crippen molar-refractivity contribution < 1.29 is 4.79 Å². The van der Waals surface area contributed by atoms with Crippen molar-refractivity contribution in [2.75, 3.05) is 32.7 Å². The fraction of sp³-hybridized carbons (Fsp3) is 0.625. The largest absolute Gasteiger partial charge is 0.340 e. The SMILES string of the molecule is CCC(CN)CC(=O)N1CCN(Cc2ccncc2)CC1. The minimum atomic E-state index is 0.260. The molecular formula is C16H26N4O. The lowest BCUT2D eigenvalue weighted by atomic mass is 10.0. The molecular weight excluding hydrogens is 264 g/mol. The molecule has 1 aromatic heterocycles. The van der Waals surface area contributed by atoms with Gasteiger partial charge in [0.25, 0.3) is 0 Å². The van der Waals surface area contributed by atoms with Crippen molar-refractivity contribution in [3.05, 3.63) is 30.1 Å². The lowest BCUT2D eigenvalue weighted by molar-refractivity contribution is -0.134. The third-order valence-electron chi connectivity index (χ3n) is 4.25. The average molecular weight is 290 g/mol. The van der Waals surface area contributed by atoms with Crippen LogP contribution in [0.25, 0.3) is 0 Å². The molecule has 5 nitrogen and oxygen atoms in total. The highest BCUT2D eigenvalue weighted by molar-refractivity contribution is 5.76. The van der Waals surface area contributed by atoms with Crippen molar-refractivity contribution in [2.24, 2.45) is 11.7 Å². The Hall–Kier alpha value is -1.46. The van der Waals surface area contributed by atoms with E-state index in [2.05, 4.69) is 16.8 Å². The topological polar surface area (TPSA) is 62.5 Å². The molecule has 1 saturated heterocycles. The minimum absolute atomic E-state index is 0.260. The van der Waals surface area contributed by atoms with Crippen LogP contribution in [0.3, 0.4) is 0 Å². The Balaban J connectivity index is 1.76. The van der Waals surface area contributed by atoms with Crippen LogP contribution in [0.4, 0.5) is 0 Å². The summed E-state index contributed by atoms with van der Waals surface area (Å²) in [5.41, 5.74) is 6.96. The number of nitrogens with zero attached hydrogens (tertiary/aromatic N) is 3. The Bertz CT molecular complexity index is 425. The van der Waals surface area contributed by atoms with E-state index in [-0.39, 0.29) is 5.91 Å². The molecule has 116 valence electrons. The minimum Gasteiger partial charge on any atom is -0.340 e. The van der Waals surface area contributed by atoms with Gasteiger partial charge in [-0.2, -0.15) is 0 Å². The van der Waals surface area contributed by atoms with Gasteiger partial charge < -0.3 is 10.6 Å². The Kier molecular flexibility index (Phi) is 6.14. The molecule has 1 fully saturated rings. The maximum absolute atomic E-state index is 12.2. The summed E-state index contributed by atoms with van der Waals surface area (Å²) in [6.07, 6.45) is 5.22. The third kappa shape index (κ3) is 4.79. The second kappa shape index (κ2) is 8.10. The number of carbonyl (C=O) groups is 1. The molecule has 0 bridgehead atoms. The van der Waals surface area contributed by atoms with Crippen molar-refractivity contribution in [1.82, 2.24) is 14.8 Å². The van der Waals surface area contributed by atoms with Gasteiger partial charge in [-0.15, -0.1) is 0 Å². The third-order valence-corrected chi connectivity index (χ3v) is 4.25. The Labute approximate surface area is 127 Å². The van der Waals surface area contributed by atoms with Crippen LogP contribution >= 0.6 is 0 Å². The van der Waals surface area contributed by atoms with Gasteiger partial charge in [-0.3, -0.25) is 14.7 Å². The second-order valence-electron chi connectivity index (χ2n) is 5.73. The molecule has 1 aliphatic heterocycles. The van der Waals surface area contributed by atoms with Gasteiger partial charge >= 0.3 is 0 Å². The Morgan fingerprint density at radius 1 is 1.29 bits per heavy atom. The van der Waals surface area contributed by atoms with Crippen LogP contribution < -0.4 is 5.73 Å². The molecule has 2 heterocycles. The summed E-state index contributed by atoms with van der Waals surface area (Å²) in [5.74, 6) is 0.586. The lowest BCUT2D eigenvalue weighted by Gasteiger charge is -2.35. The van der Waals surface area contributed by atoms with Gasteiger partial charge in [0.2, 0.25) is 5.91 Å². The molecule has 0 aliphatic carbocycles. The summed E-state index contributed by atoms with van der Waals surface area (Å²) in [6.45, 7) is 7.16. The first-order valence-corrected chi connectivity index (χ1v) is 7.82. The van der Waals surface area contributed by atoms with Crippen LogP contribution in [0.5, 0.6) is 0 Å². The van der Waals surface area contributed by atoms with E-state index in [1.54, 1.807) is 0 Å². The average Bonchev–Trinajstić information content (AvgIpc) is 2.54. The van der Waals surface area contributed by atoms with Crippen molar-refractivity contribution in [2.45, 2.75) is 26.3 Å². The number of piperazine rings is 1. The zero-order chi connectivity index (χ0) is 15.1. The number of aromatic nitrogens is 1. The van der Waals surface area contributed by atoms with Crippen molar-refractivity contribution in [3.63, 3.8) is 0 Å². The first kappa shape index (κ1) is 15.9. The fourth-order valence-electron chi connectivity index (χ4n) is 2.67. The molecule has 5 heteroatoms. The van der Waals surface area contributed by atoms with Gasteiger partial charge in [-0.1, -0.05) is 13.3 Å². The van der Waals surface area contributed by atoms with E-state index in [9.17, 15) is 4.79 Å². The predicted octanol–water partition coefficient (Wildman–Crippen LogP) is 1.10. The van der Waals surface area contributed by atoms with Gasteiger partial charge in [-0.25, -0.2) is 0 Å². The van der Waals surface area contributed by atoms with Crippen molar-refractivity contribution in [1.29, 1.82) is 0 Å². The quantitative estimate of drug-likeness (QED) is 0.852. The van der Waals surface area contributed by atoms with Crippen LogP contribution in [0, 0.1) is 5.92 Å². The van der Waals surface area contributed by atoms with Crippen LogP contribution in [0.15, 0.2) is 24.5 Å². The summed E-state index contributed by atoms with van der Waals surface area (Å²) >= 11 is 0. The Morgan fingerprint density at radius 2 is 1.95 bits per heavy atom. The molecule has 1 aliphatic rings. The summed E-state index contributed by atoms with van der Waals surface area (Å²) in [4.78, 5) is 20.6. The molecule has 1 aromatic rings. The maximum Gasteiger partial charge on any atom is 0.222 e. The monoisotopic (exact) mass is 290 g/mol. The molecule has 0 aromatic carbocycles. The molecule has 21 heavy (non-hydrogen) atoms. The van der Waals surface area contributed by atoms with E-state index in [1.807, 2.05) is 29.4 Å². The van der Waals surface area contributed by atoms with Crippen LogP contribution in [-0.2, 0) is 11.3 Å². The van der Waals surface area contributed by atoms with Crippen LogP contribution in [-0.4, -0.2) is 53.4 Å². The second-order valence-corrected chi connectivity index (χ2v) is 5.73. The zero-order valence-electron chi connectivity index (χ0n) is 12.9. The molecule has 0 spiro atoms. The summed E-state index contributed by atoms with van der Waals surface area (Å²) in [7, 11) is 0.